The van der Waals surface area contributed by atoms with Crippen LogP contribution in [0, 0.1) is 6.92 Å². The van der Waals surface area contributed by atoms with Gasteiger partial charge in [-0.25, -0.2) is 0 Å². The van der Waals surface area contributed by atoms with Gasteiger partial charge >= 0.3 is 0 Å². The Morgan fingerprint density at radius 2 is 2.06 bits per heavy atom. The van der Waals surface area contributed by atoms with Crippen LogP contribution >= 0.6 is 0 Å². The van der Waals surface area contributed by atoms with Crippen LogP contribution in [0.1, 0.15) is 24.5 Å². The van der Waals surface area contributed by atoms with E-state index in [9.17, 15) is 5.11 Å². The van der Waals surface area contributed by atoms with Crippen molar-refractivity contribution in [2.24, 2.45) is 0 Å². The molecule has 3 N–H and O–H groups in total. The van der Waals surface area contributed by atoms with Gasteiger partial charge in [-0.15, -0.1) is 0 Å². The van der Waals surface area contributed by atoms with Gasteiger partial charge in [0.1, 0.15) is 0 Å². The summed E-state index contributed by atoms with van der Waals surface area (Å²) >= 11 is 0. The second kappa shape index (κ2) is 6.51. The highest BCUT2D eigenvalue weighted by Crippen LogP contribution is 2.22. The minimum Gasteiger partial charge on any atom is -0.396 e. The van der Waals surface area contributed by atoms with Gasteiger partial charge in [-0.1, -0.05) is 25.1 Å². The molecule has 1 rings (SSSR count). The molecule has 1 atom stereocenters. The third kappa shape index (κ3) is 3.22. The molecule has 0 aliphatic rings. The molecular formula is C13H21NO2. The van der Waals surface area contributed by atoms with Crippen molar-refractivity contribution in [3.05, 3.63) is 29.3 Å². The molecule has 0 aliphatic carbocycles. The zero-order chi connectivity index (χ0) is 12.0. The van der Waals surface area contributed by atoms with Crippen LogP contribution in [0.25, 0.3) is 0 Å². The molecule has 0 heterocycles. The molecule has 0 aliphatic heterocycles. The minimum atomic E-state index is -0.0728. The molecule has 16 heavy (non-hydrogen) atoms. The van der Waals surface area contributed by atoms with Gasteiger partial charge in [0.05, 0.1) is 12.6 Å². The van der Waals surface area contributed by atoms with E-state index in [1.54, 1.807) is 0 Å². The first-order valence-corrected chi connectivity index (χ1v) is 5.79. The molecular weight excluding hydrogens is 202 g/mol. The Balaban J connectivity index is 2.85. The third-order valence-electron chi connectivity index (χ3n) is 2.79. The molecule has 90 valence electrons. The first-order valence-electron chi connectivity index (χ1n) is 5.79. The van der Waals surface area contributed by atoms with Gasteiger partial charge in [-0.2, -0.15) is 0 Å². The van der Waals surface area contributed by atoms with Crippen molar-refractivity contribution >= 4 is 5.69 Å². The summed E-state index contributed by atoms with van der Waals surface area (Å²) in [5.41, 5.74) is 3.52. The third-order valence-corrected chi connectivity index (χ3v) is 2.79. The Morgan fingerprint density at radius 1 is 1.31 bits per heavy atom. The predicted octanol–water partition coefficient (Wildman–Crippen LogP) is 1.71. The van der Waals surface area contributed by atoms with Gasteiger partial charge in [0, 0.05) is 12.3 Å². The molecule has 0 radical (unpaired) electrons. The average Bonchev–Trinajstić information content (AvgIpc) is 2.30. The van der Waals surface area contributed by atoms with E-state index >= 15 is 0 Å². The quantitative estimate of drug-likeness (QED) is 0.688. The van der Waals surface area contributed by atoms with E-state index in [0.717, 1.165) is 12.1 Å². The summed E-state index contributed by atoms with van der Waals surface area (Å²) in [7, 11) is 0. The molecule has 3 nitrogen and oxygen atoms in total. The molecule has 3 heteroatoms. The van der Waals surface area contributed by atoms with Crippen LogP contribution in [0.2, 0.25) is 0 Å². The highest BCUT2D eigenvalue weighted by Gasteiger charge is 2.10. The molecule has 0 fully saturated rings. The zero-order valence-electron chi connectivity index (χ0n) is 10.0. The summed E-state index contributed by atoms with van der Waals surface area (Å²) in [6.45, 7) is 4.29. The molecule has 0 aromatic heterocycles. The van der Waals surface area contributed by atoms with Crippen LogP contribution in [0.15, 0.2) is 18.2 Å². The van der Waals surface area contributed by atoms with E-state index in [4.69, 9.17) is 5.11 Å². The lowest BCUT2D eigenvalue weighted by molar-refractivity contribution is 0.229. The predicted molar refractivity (Wildman–Crippen MR) is 66.8 cm³/mol. The van der Waals surface area contributed by atoms with Gasteiger partial charge in [0.2, 0.25) is 0 Å². The minimum absolute atomic E-state index is 0.0397. The summed E-state index contributed by atoms with van der Waals surface area (Å²) in [6.07, 6.45) is 1.52. The van der Waals surface area contributed by atoms with E-state index in [1.807, 2.05) is 6.07 Å². The Labute approximate surface area is 97.1 Å². The molecule has 1 aromatic rings. The van der Waals surface area contributed by atoms with Crippen molar-refractivity contribution in [3.63, 3.8) is 0 Å². The smallest absolute Gasteiger partial charge is 0.0633 e. The van der Waals surface area contributed by atoms with Crippen LogP contribution < -0.4 is 5.32 Å². The summed E-state index contributed by atoms with van der Waals surface area (Å²) in [5, 5.41) is 21.4. The molecule has 0 bridgehead atoms. The van der Waals surface area contributed by atoms with Crippen LogP contribution in [-0.4, -0.2) is 29.5 Å². The molecule has 0 spiro atoms. The van der Waals surface area contributed by atoms with Gasteiger partial charge in [0.25, 0.3) is 0 Å². The molecule has 1 unspecified atom stereocenters. The van der Waals surface area contributed by atoms with Gasteiger partial charge in [0.15, 0.2) is 0 Å². The van der Waals surface area contributed by atoms with Gasteiger partial charge < -0.3 is 15.5 Å². The number of nitrogens with one attached hydrogen (secondary N) is 1. The van der Waals surface area contributed by atoms with E-state index in [-0.39, 0.29) is 19.3 Å². The van der Waals surface area contributed by atoms with E-state index in [0.29, 0.717) is 6.42 Å². The Hall–Kier alpha value is -1.06. The second-order valence-electron chi connectivity index (χ2n) is 4.00. The first-order chi connectivity index (χ1) is 7.72. The number of hydrogen-bond acceptors (Lipinski definition) is 3. The van der Waals surface area contributed by atoms with Gasteiger partial charge in [-0.05, 0) is 30.9 Å². The first kappa shape index (κ1) is 13.0. The largest absolute Gasteiger partial charge is 0.396 e. The van der Waals surface area contributed by atoms with Crippen LogP contribution in [0.3, 0.4) is 0 Å². The van der Waals surface area contributed by atoms with Crippen molar-refractivity contribution in [3.8, 4) is 0 Å². The molecule has 0 saturated carbocycles. The summed E-state index contributed by atoms with van der Waals surface area (Å²) in [5.74, 6) is 0. The second-order valence-corrected chi connectivity index (χ2v) is 4.00. The van der Waals surface area contributed by atoms with E-state index in [2.05, 4.69) is 31.3 Å². The highest BCUT2D eigenvalue weighted by atomic mass is 16.3. The van der Waals surface area contributed by atoms with Gasteiger partial charge in [-0.3, -0.25) is 0 Å². The fourth-order valence-corrected chi connectivity index (χ4v) is 1.80. The Kier molecular flexibility index (Phi) is 5.29. The number of benzene rings is 1. The Morgan fingerprint density at radius 3 is 2.62 bits per heavy atom. The number of aliphatic hydroxyl groups excluding tert-OH is 2. The Bertz CT molecular complexity index is 326. The zero-order valence-corrected chi connectivity index (χ0v) is 10.0. The van der Waals surface area contributed by atoms with Crippen molar-refractivity contribution in [1.29, 1.82) is 0 Å². The maximum absolute atomic E-state index is 9.20. The fraction of sp³-hybridized carbons (Fsp3) is 0.538. The van der Waals surface area contributed by atoms with Crippen molar-refractivity contribution in [2.75, 3.05) is 18.5 Å². The molecule has 0 saturated heterocycles. The summed E-state index contributed by atoms with van der Waals surface area (Å²) in [4.78, 5) is 0. The van der Waals surface area contributed by atoms with Crippen molar-refractivity contribution in [1.82, 2.24) is 0 Å². The number of aliphatic hydroxyl groups is 2. The van der Waals surface area contributed by atoms with Crippen LogP contribution in [-0.2, 0) is 6.42 Å². The normalized spacial score (nSPS) is 12.5. The standard InChI is InChI=1S/C13H21NO2/c1-3-11-6-4-5-10(2)13(11)14-12(9-16)7-8-15/h4-6,12,14-16H,3,7-9H2,1-2H3. The van der Waals surface area contributed by atoms with Crippen LogP contribution in [0.4, 0.5) is 5.69 Å². The lowest BCUT2D eigenvalue weighted by Crippen LogP contribution is -2.26. The fourth-order valence-electron chi connectivity index (χ4n) is 1.80. The lowest BCUT2D eigenvalue weighted by Gasteiger charge is -2.20. The van der Waals surface area contributed by atoms with E-state index < -0.39 is 0 Å². The maximum atomic E-state index is 9.20. The highest BCUT2D eigenvalue weighted by molar-refractivity contribution is 5.57. The van der Waals surface area contributed by atoms with E-state index in [1.165, 1.54) is 11.1 Å². The molecule has 0 amide bonds. The van der Waals surface area contributed by atoms with Crippen molar-refractivity contribution < 1.29 is 10.2 Å². The number of aryl methyl sites for hydroxylation is 2. The summed E-state index contributed by atoms with van der Waals surface area (Å²) in [6, 6.07) is 6.10. The monoisotopic (exact) mass is 223 g/mol. The van der Waals surface area contributed by atoms with Crippen LogP contribution in [0.5, 0.6) is 0 Å². The number of hydrogen-bond donors (Lipinski definition) is 3. The maximum Gasteiger partial charge on any atom is 0.0633 e. The topological polar surface area (TPSA) is 52.5 Å². The average molecular weight is 223 g/mol. The summed E-state index contributed by atoms with van der Waals surface area (Å²) < 4.78 is 0. The molecule has 1 aromatic carbocycles. The lowest BCUT2D eigenvalue weighted by atomic mass is 10.0. The number of rotatable bonds is 6. The number of para-hydroxylation sites is 1. The number of anilines is 1. The van der Waals surface area contributed by atoms with Crippen molar-refractivity contribution in [2.45, 2.75) is 32.7 Å². The SMILES string of the molecule is CCc1cccc(C)c1NC(CO)CCO.